The fourth-order valence-electron chi connectivity index (χ4n) is 3.88. The van der Waals surface area contributed by atoms with Crippen molar-refractivity contribution in [1.82, 2.24) is 10.2 Å². The number of hydrogen-bond acceptors (Lipinski definition) is 3. The molecule has 2 atom stereocenters. The maximum absolute atomic E-state index is 13.7. The zero-order valence-corrected chi connectivity index (χ0v) is 23.3. The monoisotopic (exact) mass is 540 g/mol. The number of carbonyl (C=O) groups excluding carboxylic acids is 2. The van der Waals surface area contributed by atoms with Gasteiger partial charge < -0.3 is 15.0 Å². The molecule has 3 aromatic carbocycles. The molecule has 0 bridgehead atoms. The van der Waals surface area contributed by atoms with Crippen LogP contribution >= 0.6 is 23.2 Å². The Hall–Kier alpha value is -3.02. The zero-order valence-electron chi connectivity index (χ0n) is 21.8. The predicted molar refractivity (Wildman–Crippen MR) is 150 cm³/mol. The van der Waals surface area contributed by atoms with Crippen molar-refractivity contribution < 1.29 is 14.3 Å². The zero-order chi connectivity index (χ0) is 26.9. The molecule has 0 aliphatic heterocycles. The largest absolute Gasteiger partial charge is 0.484 e. The van der Waals surface area contributed by atoms with Crippen LogP contribution in [0.5, 0.6) is 5.75 Å². The van der Waals surface area contributed by atoms with Crippen LogP contribution in [-0.2, 0) is 22.6 Å². The number of benzene rings is 3. The van der Waals surface area contributed by atoms with Crippen molar-refractivity contribution in [2.24, 2.45) is 0 Å². The normalized spacial score (nSPS) is 12.5. The lowest BCUT2D eigenvalue weighted by atomic mass is 10.0. The van der Waals surface area contributed by atoms with Gasteiger partial charge in [0.15, 0.2) is 6.61 Å². The van der Waals surface area contributed by atoms with Crippen LogP contribution in [-0.4, -0.2) is 35.4 Å². The molecule has 0 unspecified atom stereocenters. The number of amides is 2. The first kappa shape index (κ1) is 28.5. The van der Waals surface area contributed by atoms with Gasteiger partial charge in [-0.15, -0.1) is 0 Å². The fraction of sp³-hybridized carbons (Fsp3) is 0.333. The van der Waals surface area contributed by atoms with Gasteiger partial charge in [0, 0.05) is 34.6 Å². The van der Waals surface area contributed by atoms with Crippen molar-refractivity contribution in [1.29, 1.82) is 0 Å². The minimum atomic E-state index is -0.792. The smallest absolute Gasteiger partial charge is 0.261 e. The molecular weight excluding hydrogens is 507 g/mol. The van der Waals surface area contributed by atoms with E-state index in [2.05, 4.69) is 5.32 Å². The summed E-state index contributed by atoms with van der Waals surface area (Å²) in [4.78, 5) is 28.8. The van der Waals surface area contributed by atoms with E-state index in [-0.39, 0.29) is 31.0 Å². The first-order valence-corrected chi connectivity index (χ1v) is 13.2. The Morgan fingerprint density at radius 3 is 2.24 bits per heavy atom. The average molecular weight is 542 g/mol. The number of carbonyl (C=O) groups is 2. The Labute approximate surface area is 229 Å². The first-order chi connectivity index (χ1) is 17.7. The Bertz CT molecular complexity index is 1200. The van der Waals surface area contributed by atoms with Crippen LogP contribution < -0.4 is 10.1 Å². The summed E-state index contributed by atoms with van der Waals surface area (Å²) in [6, 6.07) is 19.7. The Morgan fingerprint density at radius 2 is 1.62 bits per heavy atom. The van der Waals surface area contributed by atoms with Crippen molar-refractivity contribution >= 4 is 35.0 Å². The Balaban J connectivity index is 1.96. The third-order valence-electron chi connectivity index (χ3n) is 6.50. The quantitative estimate of drug-likeness (QED) is 0.300. The second-order valence-electron chi connectivity index (χ2n) is 9.28. The molecule has 1 N–H and O–H groups in total. The summed E-state index contributed by atoms with van der Waals surface area (Å²) in [7, 11) is 0. The molecule has 0 saturated heterocycles. The molecule has 0 spiro atoms. The minimum absolute atomic E-state index is 0.0431. The molecule has 0 saturated carbocycles. The number of nitrogens with zero attached hydrogens (tertiary/aromatic N) is 1. The van der Waals surface area contributed by atoms with E-state index < -0.39 is 6.04 Å². The molecule has 0 fully saturated rings. The lowest BCUT2D eigenvalue weighted by molar-refractivity contribution is -0.143. The summed E-state index contributed by atoms with van der Waals surface area (Å²) in [6.07, 6.45) is 1.10. The van der Waals surface area contributed by atoms with Crippen LogP contribution in [0, 0.1) is 13.8 Å². The van der Waals surface area contributed by atoms with Crippen molar-refractivity contribution in [2.45, 2.75) is 59.2 Å². The van der Waals surface area contributed by atoms with Crippen molar-refractivity contribution in [3.63, 3.8) is 0 Å². The van der Waals surface area contributed by atoms with Crippen molar-refractivity contribution in [3.8, 4) is 5.75 Å². The van der Waals surface area contributed by atoms with E-state index in [1.165, 1.54) is 4.90 Å². The number of halogens is 2. The van der Waals surface area contributed by atoms with E-state index >= 15 is 0 Å². The highest BCUT2D eigenvalue weighted by Crippen LogP contribution is 2.27. The number of nitrogens with one attached hydrogen (secondary N) is 1. The number of aryl methyl sites for hydroxylation is 2. The van der Waals surface area contributed by atoms with Gasteiger partial charge in [-0.3, -0.25) is 9.59 Å². The van der Waals surface area contributed by atoms with Crippen LogP contribution in [0.1, 0.15) is 42.5 Å². The summed E-state index contributed by atoms with van der Waals surface area (Å²) in [5, 5.41) is 3.91. The summed E-state index contributed by atoms with van der Waals surface area (Å²) in [5.41, 5.74) is 3.72. The highest BCUT2D eigenvalue weighted by atomic mass is 35.5. The van der Waals surface area contributed by atoms with E-state index in [1.54, 1.807) is 18.2 Å². The van der Waals surface area contributed by atoms with Gasteiger partial charge in [-0.05, 0) is 68.1 Å². The Kier molecular flexibility index (Phi) is 10.4. The molecular formula is C30H34Cl2N2O3. The lowest BCUT2D eigenvalue weighted by Gasteiger charge is -2.32. The summed E-state index contributed by atoms with van der Waals surface area (Å²) in [6.45, 7) is 7.79. The van der Waals surface area contributed by atoms with Crippen LogP contribution in [0.4, 0.5) is 0 Å². The SMILES string of the molecule is CC[C@@H](C)NC(=O)[C@@H](Cc1ccccc1)N(Cc1c(Cl)cccc1Cl)C(=O)COc1ccc(C)c(C)c1. The standard InChI is InChI=1S/C30H34Cl2N2O3/c1-5-22(4)33-30(36)28(17-23-10-7-6-8-11-23)34(18-25-26(31)12-9-13-27(25)32)29(35)19-37-24-15-14-20(2)21(3)16-24/h6-16,22,28H,5,17-19H2,1-4H3,(H,33,36)/t22-,28-/m1/s1. The molecule has 196 valence electrons. The third-order valence-corrected chi connectivity index (χ3v) is 7.21. The highest BCUT2D eigenvalue weighted by molar-refractivity contribution is 6.36. The van der Waals surface area contributed by atoms with E-state index in [1.807, 2.05) is 76.2 Å². The van der Waals surface area contributed by atoms with E-state index in [4.69, 9.17) is 27.9 Å². The second kappa shape index (κ2) is 13.5. The molecule has 0 aliphatic rings. The van der Waals surface area contributed by atoms with Crippen LogP contribution in [0.2, 0.25) is 10.0 Å². The molecule has 7 heteroatoms. The molecule has 2 amide bonds. The van der Waals surface area contributed by atoms with Gasteiger partial charge in [-0.2, -0.15) is 0 Å². The molecule has 3 aromatic rings. The molecule has 0 aromatic heterocycles. The van der Waals surface area contributed by atoms with Gasteiger partial charge in [0.2, 0.25) is 5.91 Å². The predicted octanol–water partition coefficient (Wildman–Crippen LogP) is 6.54. The number of rotatable bonds is 11. The van der Waals surface area contributed by atoms with E-state index in [9.17, 15) is 9.59 Å². The number of ether oxygens (including phenoxy) is 1. The molecule has 5 nitrogen and oxygen atoms in total. The molecule has 3 rings (SSSR count). The highest BCUT2D eigenvalue weighted by Gasteiger charge is 2.32. The van der Waals surface area contributed by atoms with Gasteiger partial charge in [0.05, 0.1) is 0 Å². The summed E-state index contributed by atoms with van der Waals surface area (Å²) in [5.74, 6) is 0.0196. The van der Waals surface area contributed by atoms with Crippen molar-refractivity contribution in [3.05, 3.63) is 99.0 Å². The Morgan fingerprint density at radius 1 is 0.946 bits per heavy atom. The van der Waals surface area contributed by atoms with Crippen LogP contribution in [0.15, 0.2) is 66.7 Å². The van der Waals surface area contributed by atoms with E-state index in [0.717, 1.165) is 23.1 Å². The molecule has 0 heterocycles. The fourth-order valence-corrected chi connectivity index (χ4v) is 4.40. The maximum Gasteiger partial charge on any atom is 0.261 e. The average Bonchev–Trinajstić information content (AvgIpc) is 2.88. The summed E-state index contributed by atoms with van der Waals surface area (Å²) >= 11 is 13.0. The number of hydrogen-bond donors (Lipinski definition) is 1. The molecule has 37 heavy (non-hydrogen) atoms. The maximum atomic E-state index is 13.7. The third kappa shape index (κ3) is 7.98. The first-order valence-electron chi connectivity index (χ1n) is 12.5. The van der Waals surface area contributed by atoms with E-state index in [0.29, 0.717) is 27.8 Å². The minimum Gasteiger partial charge on any atom is -0.484 e. The summed E-state index contributed by atoms with van der Waals surface area (Å²) < 4.78 is 5.88. The topological polar surface area (TPSA) is 58.6 Å². The van der Waals surface area contributed by atoms with Crippen LogP contribution in [0.25, 0.3) is 0 Å². The van der Waals surface area contributed by atoms with Gasteiger partial charge in [-0.1, -0.05) is 72.6 Å². The van der Waals surface area contributed by atoms with Gasteiger partial charge >= 0.3 is 0 Å². The second-order valence-corrected chi connectivity index (χ2v) is 10.1. The molecule has 0 radical (unpaired) electrons. The van der Waals surface area contributed by atoms with Crippen molar-refractivity contribution in [2.75, 3.05) is 6.61 Å². The lowest BCUT2D eigenvalue weighted by Crippen LogP contribution is -2.53. The van der Waals surface area contributed by atoms with Crippen LogP contribution in [0.3, 0.4) is 0 Å². The molecule has 0 aliphatic carbocycles. The van der Waals surface area contributed by atoms with Gasteiger partial charge in [0.1, 0.15) is 11.8 Å². The van der Waals surface area contributed by atoms with Gasteiger partial charge in [0.25, 0.3) is 5.91 Å². The van der Waals surface area contributed by atoms with Gasteiger partial charge in [-0.25, -0.2) is 0 Å².